The molecule has 0 bridgehead atoms. The standard InChI is InChI=1S/C18H31NO/c1-4-7-15(2)8-5-6-9-17(20)19-11-10-18(14-19)12-16(3)13-18/h6,9,15-16H,4-5,7-8,10-14H2,1-3H3. The number of carbonyl (C=O) groups is 1. The molecule has 20 heavy (non-hydrogen) atoms. The zero-order valence-electron chi connectivity index (χ0n) is 13.5. The van der Waals surface area contributed by atoms with Crippen LogP contribution in [0.3, 0.4) is 0 Å². The summed E-state index contributed by atoms with van der Waals surface area (Å²) in [4.78, 5) is 14.2. The van der Waals surface area contributed by atoms with E-state index in [0.29, 0.717) is 5.41 Å². The van der Waals surface area contributed by atoms with Crippen molar-refractivity contribution in [2.45, 2.75) is 65.7 Å². The molecular weight excluding hydrogens is 246 g/mol. The van der Waals surface area contributed by atoms with Crippen molar-refractivity contribution in [1.82, 2.24) is 4.90 Å². The molecule has 2 heteroatoms. The van der Waals surface area contributed by atoms with E-state index in [1.807, 2.05) is 6.08 Å². The van der Waals surface area contributed by atoms with Crippen LogP contribution in [0, 0.1) is 17.3 Å². The van der Waals surface area contributed by atoms with Crippen LogP contribution < -0.4 is 0 Å². The second-order valence-corrected chi connectivity index (χ2v) is 7.40. The summed E-state index contributed by atoms with van der Waals surface area (Å²) >= 11 is 0. The Bertz CT molecular complexity index is 354. The largest absolute Gasteiger partial charge is 0.339 e. The molecule has 1 aliphatic carbocycles. The van der Waals surface area contributed by atoms with Gasteiger partial charge in [-0.05, 0) is 55.4 Å². The Labute approximate surface area is 124 Å². The highest BCUT2D eigenvalue weighted by Gasteiger charge is 2.47. The van der Waals surface area contributed by atoms with Crippen molar-refractivity contribution in [3.8, 4) is 0 Å². The van der Waals surface area contributed by atoms with Crippen molar-refractivity contribution in [3.63, 3.8) is 0 Å². The van der Waals surface area contributed by atoms with Gasteiger partial charge in [-0.15, -0.1) is 0 Å². The maximum absolute atomic E-state index is 12.2. The van der Waals surface area contributed by atoms with Gasteiger partial charge in [0.15, 0.2) is 0 Å². The number of amides is 1. The van der Waals surface area contributed by atoms with Gasteiger partial charge in [-0.1, -0.05) is 39.7 Å². The van der Waals surface area contributed by atoms with Gasteiger partial charge in [0.05, 0.1) is 0 Å². The predicted octanol–water partition coefficient (Wildman–Crippen LogP) is 4.41. The molecule has 1 atom stereocenters. The van der Waals surface area contributed by atoms with E-state index in [-0.39, 0.29) is 5.91 Å². The third kappa shape index (κ3) is 3.86. The highest BCUT2D eigenvalue weighted by molar-refractivity contribution is 5.87. The van der Waals surface area contributed by atoms with Crippen LogP contribution in [0.4, 0.5) is 0 Å². The van der Waals surface area contributed by atoms with Gasteiger partial charge in [-0.25, -0.2) is 0 Å². The van der Waals surface area contributed by atoms with Crippen LogP contribution in [0.15, 0.2) is 12.2 Å². The average molecular weight is 277 g/mol. The molecule has 1 aliphatic heterocycles. The maximum atomic E-state index is 12.2. The first-order valence-corrected chi connectivity index (χ1v) is 8.50. The molecule has 0 aromatic carbocycles. The molecule has 1 amide bonds. The van der Waals surface area contributed by atoms with Gasteiger partial charge in [0.2, 0.25) is 5.91 Å². The van der Waals surface area contributed by atoms with Crippen LogP contribution in [0.1, 0.15) is 65.7 Å². The molecule has 1 unspecified atom stereocenters. The molecule has 1 spiro atoms. The van der Waals surface area contributed by atoms with Crippen molar-refractivity contribution < 1.29 is 4.79 Å². The van der Waals surface area contributed by atoms with Crippen molar-refractivity contribution in [1.29, 1.82) is 0 Å². The van der Waals surface area contributed by atoms with Gasteiger partial charge in [-0.2, -0.15) is 0 Å². The lowest BCUT2D eigenvalue weighted by molar-refractivity contribution is -0.125. The van der Waals surface area contributed by atoms with E-state index in [4.69, 9.17) is 0 Å². The number of hydrogen-bond donors (Lipinski definition) is 0. The van der Waals surface area contributed by atoms with E-state index < -0.39 is 0 Å². The molecule has 0 aromatic heterocycles. The van der Waals surface area contributed by atoms with Gasteiger partial charge in [-0.3, -0.25) is 4.79 Å². The lowest BCUT2D eigenvalue weighted by atomic mass is 9.62. The van der Waals surface area contributed by atoms with E-state index in [1.54, 1.807) is 0 Å². The first-order valence-electron chi connectivity index (χ1n) is 8.50. The smallest absolute Gasteiger partial charge is 0.246 e. The van der Waals surface area contributed by atoms with E-state index in [2.05, 4.69) is 31.7 Å². The summed E-state index contributed by atoms with van der Waals surface area (Å²) in [6, 6.07) is 0. The third-order valence-corrected chi connectivity index (χ3v) is 5.18. The first kappa shape index (κ1) is 15.6. The van der Waals surface area contributed by atoms with Gasteiger partial charge in [0, 0.05) is 13.1 Å². The Morgan fingerprint density at radius 2 is 2.15 bits per heavy atom. The normalized spacial score (nSPS) is 30.9. The molecular formula is C18H31NO. The minimum Gasteiger partial charge on any atom is -0.339 e. The summed E-state index contributed by atoms with van der Waals surface area (Å²) in [7, 11) is 0. The molecule has 1 saturated heterocycles. The fraction of sp³-hybridized carbons (Fsp3) is 0.833. The Kier molecular flexibility index (Phi) is 5.29. The van der Waals surface area contributed by atoms with E-state index in [9.17, 15) is 4.79 Å². The van der Waals surface area contributed by atoms with Crippen molar-refractivity contribution in [2.75, 3.05) is 13.1 Å². The SMILES string of the molecule is CCCC(C)CCC=CC(=O)N1CCC2(CC(C)C2)C1. The van der Waals surface area contributed by atoms with Gasteiger partial charge in [0.1, 0.15) is 0 Å². The minimum atomic E-state index is 0.240. The highest BCUT2D eigenvalue weighted by atomic mass is 16.2. The maximum Gasteiger partial charge on any atom is 0.246 e. The molecule has 0 N–H and O–H groups in total. The van der Waals surface area contributed by atoms with Gasteiger partial charge < -0.3 is 4.90 Å². The van der Waals surface area contributed by atoms with Crippen molar-refractivity contribution in [3.05, 3.63) is 12.2 Å². The van der Waals surface area contributed by atoms with Crippen molar-refractivity contribution in [2.24, 2.45) is 17.3 Å². The van der Waals surface area contributed by atoms with Crippen LogP contribution in [0.5, 0.6) is 0 Å². The second-order valence-electron chi connectivity index (χ2n) is 7.40. The predicted molar refractivity (Wildman–Crippen MR) is 84.5 cm³/mol. The fourth-order valence-corrected chi connectivity index (χ4v) is 4.18. The monoisotopic (exact) mass is 277 g/mol. The molecule has 0 radical (unpaired) electrons. The molecule has 1 saturated carbocycles. The molecule has 2 aliphatic rings. The number of rotatable bonds is 6. The topological polar surface area (TPSA) is 20.3 Å². The lowest BCUT2D eigenvalue weighted by Gasteiger charge is -2.43. The number of carbonyl (C=O) groups excluding carboxylic acids is 1. The van der Waals surface area contributed by atoms with Crippen LogP contribution in [0.2, 0.25) is 0 Å². The molecule has 2 rings (SSSR count). The lowest BCUT2D eigenvalue weighted by Crippen LogP contribution is -2.39. The average Bonchev–Trinajstić information content (AvgIpc) is 2.79. The summed E-state index contributed by atoms with van der Waals surface area (Å²) in [5.41, 5.74) is 0.499. The van der Waals surface area contributed by atoms with Crippen LogP contribution in [0.25, 0.3) is 0 Å². The van der Waals surface area contributed by atoms with Crippen molar-refractivity contribution >= 4 is 5.91 Å². The molecule has 0 aromatic rings. The van der Waals surface area contributed by atoms with Crippen LogP contribution in [-0.2, 0) is 4.79 Å². The number of hydrogen-bond acceptors (Lipinski definition) is 1. The molecule has 1 heterocycles. The first-order chi connectivity index (χ1) is 9.54. The third-order valence-electron chi connectivity index (χ3n) is 5.18. The molecule has 114 valence electrons. The Morgan fingerprint density at radius 3 is 2.80 bits per heavy atom. The zero-order chi connectivity index (χ0) is 14.6. The van der Waals surface area contributed by atoms with E-state index in [1.165, 1.54) is 38.5 Å². The minimum absolute atomic E-state index is 0.240. The quantitative estimate of drug-likeness (QED) is 0.659. The van der Waals surface area contributed by atoms with E-state index in [0.717, 1.165) is 31.3 Å². The number of nitrogens with zero attached hydrogens (tertiary/aromatic N) is 1. The highest BCUT2D eigenvalue weighted by Crippen LogP contribution is 2.51. The van der Waals surface area contributed by atoms with E-state index >= 15 is 0 Å². The summed E-state index contributed by atoms with van der Waals surface area (Å²) < 4.78 is 0. The summed E-state index contributed by atoms with van der Waals surface area (Å²) in [5, 5.41) is 0. The van der Waals surface area contributed by atoms with Gasteiger partial charge >= 0.3 is 0 Å². The van der Waals surface area contributed by atoms with Crippen LogP contribution >= 0.6 is 0 Å². The molecule has 2 nitrogen and oxygen atoms in total. The Balaban J connectivity index is 1.68. The molecule has 2 fully saturated rings. The number of allylic oxidation sites excluding steroid dienone is 1. The zero-order valence-corrected chi connectivity index (χ0v) is 13.5. The second kappa shape index (κ2) is 6.78. The summed E-state index contributed by atoms with van der Waals surface area (Å²) in [5.74, 6) is 1.90. The number of likely N-dealkylation sites (tertiary alicyclic amines) is 1. The Morgan fingerprint density at radius 1 is 1.40 bits per heavy atom. The Hall–Kier alpha value is -0.790. The van der Waals surface area contributed by atoms with Crippen LogP contribution in [-0.4, -0.2) is 23.9 Å². The van der Waals surface area contributed by atoms with Gasteiger partial charge in [0.25, 0.3) is 0 Å². The fourth-order valence-electron chi connectivity index (χ4n) is 4.18. The summed E-state index contributed by atoms with van der Waals surface area (Å²) in [6.45, 7) is 8.85. The summed E-state index contributed by atoms with van der Waals surface area (Å²) in [6.07, 6.45) is 12.6.